The van der Waals surface area contributed by atoms with Crippen molar-refractivity contribution in [3.8, 4) is 28.7 Å². The van der Waals surface area contributed by atoms with Crippen molar-refractivity contribution in [3.63, 3.8) is 0 Å². The number of rotatable bonds is 6. The third-order valence-corrected chi connectivity index (χ3v) is 6.34. The van der Waals surface area contributed by atoms with Crippen LogP contribution in [0.15, 0.2) is 72.4 Å². The number of carbonyl (C=O) groups excluding carboxylic acids is 1. The second kappa shape index (κ2) is 9.58. The normalized spacial score (nSPS) is 11.2. The molecule has 4 aromatic heterocycles. The van der Waals surface area contributed by atoms with Gasteiger partial charge in [0.2, 0.25) is 5.91 Å². The van der Waals surface area contributed by atoms with Crippen LogP contribution in [-0.4, -0.2) is 35.4 Å². The first-order valence-electron chi connectivity index (χ1n) is 12.0. The number of nitrogens with zero attached hydrogens (tertiary/aromatic N) is 6. The fourth-order valence-corrected chi connectivity index (χ4v) is 4.57. The molecule has 0 saturated carbocycles. The number of ether oxygens (including phenoxy) is 1. The summed E-state index contributed by atoms with van der Waals surface area (Å²) in [5.41, 5.74) is 11.8. The first-order valence-corrected chi connectivity index (χ1v) is 12.0. The van der Waals surface area contributed by atoms with Gasteiger partial charge in [-0.05, 0) is 50.3 Å². The summed E-state index contributed by atoms with van der Waals surface area (Å²) in [7, 11) is 0. The predicted octanol–water partition coefficient (Wildman–Crippen LogP) is 5.27. The largest absolute Gasteiger partial charge is 0.443 e. The highest BCUT2D eigenvalue weighted by atomic mass is 19.1. The monoisotopic (exact) mass is 536 g/mol. The Kier molecular flexibility index (Phi) is 5.91. The van der Waals surface area contributed by atoms with Gasteiger partial charge < -0.3 is 24.8 Å². The van der Waals surface area contributed by atoms with Crippen LogP contribution in [0.1, 0.15) is 11.3 Å². The third-order valence-electron chi connectivity index (χ3n) is 6.34. The molecule has 0 radical (unpaired) electrons. The van der Waals surface area contributed by atoms with Crippen molar-refractivity contribution in [2.45, 2.75) is 13.8 Å². The van der Waals surface area contributed by atoms with Crippen molar-refractivity contribution in [2.75, 3.05) is 11.1 Å². The van der Waals surface area contributed by atoms with Crippen molar-refractivity contribution in [1.82, 2.24) is 29.5 Å². The zero-order valence-electron chi connectivity index (χ0n) is 21.3. The molecule has 0 atom stereocenters. The zero-order chi connectivity index (χ0) is 28.0. The van der Waals surface area contributed by atoms with E-state index < -0.39 is 5.82 Å². The summed E-state index contributed by atoms with van der Waals surface area (Å²) >= 11 is 0. The van der Waals surface area contributed by atoms with Crippen LogP contribution in [0.3, 0.4) is 0 Å². The van der Waals surface area contributed by atoms with E-state index in [-0.39, 0.29) is 23.5 Å². The van der Waals surface area contributed by atoms with Gasteiger partial charge >= 0.3 is 6.01 Å². The minimum Gasteiger partial charge on any atom is -0.443 e. The number of carbonyl (C=O) groups is 1. The highest BCUT2D eigenvalue weighted by Crippen LogP contribution is 2.41. The summed E-state index contributed by atoms with van der Waals surface area (Å²) < 4.78 is 28.6. The second-order valence-electron chi connectivity index (χ2n) is 8.85. The number of aryl methyl sites for hydroxylation is 2. The van der Waals surface area contributed by atoms with E-state index in [1.54, 1.807) is 35.8 Å². The molecule has 198 valence electrons. The number of nitrogens with one attached hydrogen (secondary N) is 1. The Morgan fingerprint density at radius 3 is 2.75 bits per heavy atom. The van der Waals surface area contributed by atoms with Gasteiger partial charge in [-0.1, -0.05) is 6.58 Å². The Morgan fingerprint density at radius 2 is 1.98 bits per heavy atom. The van der Waals surface area contributed by atoms with Gasteiger partial charge in [0.25, 0.3) is 0 Å². The molecule has 0 aliphatic rings. The molecule has 0 spiro atoms. The van der Waals surface area contributed by atoms with E-state index in [1.807, 2.05) is 6.92 Å². The molecule has 12 heteroatoms. The quantitative estimate of drug-likeness (QED) is 0.272. The number of aromatic nitrogens is 6. The number of oxazole rings is 1. The molecule has 0 aliphatic carbocycles. The smallest absolute Gasteiger partial charge is 0.322 e. The molecule has 2 aromatic carbocycles. The fourth-order valence-electron chi connectivity index (χ4n) is 4.57. The Morgan fingerprint density at radius 1 is 1.12 bits per heavy atom. The van der Waals surface area contributed by atoms with Gasteiger partial charge in [-0.15, -0.1) is 0 Å². The lowest BCUT2D eigenvalue weighted by atomic mass is 10.1. The molecule has 0 saturated heterocycles. The number of fused-ring (bicyclic) bond motifs is 2. The van der Waals surface area contributed by atoms with E-state index in [4.69, 9.17) is 14.9 Å². The number of halogens is 1. The Hall–Kier alpha value is -5.65. The van der Waals surface area contributed by atoms with Gasteiger partial charge in [0, 0.05) is 34.8 Å². The van der Waals surface area contributed by atoms with Crippen LogP contribution in [0, 0.1) is 19.7 Å². The van der Waals surface area contributed by atoms with Gasteiger partial charge in [-0.3, -0.25) is 4.79 Å². The highest BCUT2D eigenvalue weighted by Gasteiger charge is 2.25. The van der Waals surface area contributed by atoms with Crippen LogP contribution < -0.4 is 15.8 Å². The zero-order valence-corrected chi connectivity index (χ0v) is 21.3. The molecule has 11 nitrogen and oxygen atoms in total. The summed E-state index contributed by atoms with van der Waals surface area (Å²) in [5, 5.41) is 2.73. The maximum atomic E-state index is 15.4. The molecule has 0 aliphatic heterocycles. The van der Waals surface area contributed by atoms with Crippen LogP contribution in [0.4, 0.5) is 15.9 Å². The Labute approximate surface area is 226 Å². The van der Waals surface area contributed by atoms with E-state index in [2.05, 4.69) is 36.8 Å². The average molecular weight is 537 g/mol. The van der Waals surface area contributed by atoms with Gasteiger partial charge in [-0.25, -0.2) is 29.3 Å². The summed E-state index contributed by atoms with van der Waals surface area (Å²) in [4.78, 5) is 33.1. The van der Waals surface area contributed by atoms with Crippen LogP contribution in [0.5, 0.6) is 11.8 Å². The van der Waals surface area contributed by atoms with Crippen LogP contribution in [-0.2, 0) is 4.79 Å². The Bertz CT molecular complexity index is 1960. The summed E-state index contributed by atoms with van der Waals surface area (Å²) in [6, 6.07) is 9.71. The second-order valence-corrected chi connectivity index (χ2v) is 8.85. The minimum absolute atomic E-state index is 0.0311. The van der Waals surface area contributed by atoms with E-state index in [0.29, 0.717) is 50.5 Å². The number of anilines is 2. The molecule has 6 rings (SSSR count). The highest BCUT2D eigenvalue weighted by molar-refractivity contribution is 6.08. The minimum atomic E-state index is -0.643. The molecule has 6 aromatic rings. The summed E-state index contributed by atoms with van der Waals surface area (Å²) in [6.45, 7) is 7.15. The van der Waals surface area contributed by atoms with E-state index >= 15 is 4.39 Å². The SMILES string of the molecule is C=CC(=O)Nc1ccc(-c2c(C)c3ncnc(N)c3n2-c2ccc(Oc3nccc(C)n3)c(F)c2)c2ocnc12. The van der Waals surface area contributed by atoms with Crippen molar-refractivity contribution in [2.24, 2.45) is 0 Å². The third kappa shape index (κ3) is 4.07. The average Bonchev–Trinajstić information content (AvgIpc) is 3.55. The predicted molar refractivity (Wildman–Crippen MR) is 147 cm³/mol. The van der Waals surface area contributed by atoms with Gasteiger partial charge in [-0.2, -0.15) is 0 Å². The Balaban J connectivity index is 1.55. The van der Waals surface area contributed by atoms with Crippen molar-refractivity contribution in [1.29, 1.82) is 0 Å². The number of benzene rings is 2. The van der Waals surface area contributed by atoms with Crippen molar-refractivity contribution >= 4 is 39.5 Å². The lowest BCUT2D eigenvalue weighted by Crippen LogP contribution is -2.08. The van der Waals surface area contributed by atoms with Crippen LogP contribution in [0.2, 0.25) is 0 Å². The maximum absolute atomic E-state index is 15.4. The number of amides is 1. The number of nitrogens with two attached hydrogens (primary N) is 1. The molecule has 40 heavy (non-hydrogen) atoms. The van der Waals surface area contributed by atoms with Crippen molar-refractivity contribution in [3.05, 3.63) is 85.0 Å². The van der Waals surface area contributed by atoms with Gasteiger partial charge in [0.1, 0.15) is 17.4 Å². The maximum Gasteiger partial charge on any atom is 0.322 e. The molecule has 0 fully saturated rings. The van der Waals surface area contributed by atoms with Crippen LogP contribution >= 0.6 is 0 Å². The molecule has 4 heterocycles. The number of hydrogen-bond donors (Lipinski definition) is 2. The number of nitrogen functional groups attached to an aromatic ring is 1. The molecule has 1 amide bonds. The summed E-state index contributed by atoms with van der Waals surface area (Å²) in [6.07, 6.45) is 5.35. The molecular formula is C28H21FN8O3. The van der Waals surface area contributed by atoms with Gasteiger partial charge in [0.05, 0.1) is 16.9 Å². The fraction of sp³-hybridized carbons (Fsp3) is 0.0714. The van der Waals surface area contributed by atoms with E-state index in [9.17, 15) is 4.79 Å². The van der Waals surface area contributed by atoms with Crippen LogP contribution in [0.25, 0.3) is 39.1 Å². The topological polar surface area (TPSA) is 147 Å². The van der Waals surface area contributed by atoms with Crippen molar-refractivity contribution < 1.29 is 18.3 Å². The lowest BCUT2D eigenvalue weighted by Gasteiger charge is -2.15. The lowest BCUT2D eigenvalue weighted by molar-refractivity contribution is -0.111. The number of hydrogen-bond acceptors (Lipinski definition) is 9. The molecular weight excluding hydrogens is 515 g/mol. The molecule has 3 N–H and O–H groups in total. The first kappa shape index (κ1) is 24.7. The standard InChI is InChI=1S/C28H21FN8O3/c1-4-21(38)36-19-7-6-17(26-23(19)34-13-39-26)24-15(3)22-25(27(30)33-12-32-22)37(24)16-5-8-20(18(29)11-16)40-28-31-10-9-14(2)35-28/h4-13H,1H2,2-3H3,(H,36,38)(H2,30,32,33). The van der Waals surface area contributed by atoms with Gasteiger partial charge in [0.15, 0.2) is 29.4 Å². The molecule has 0 unspecified atom stereocenters. The van der Waals surface area contributed by atoms with E-state index in [1.165, 1.54) is 31.1 Å². The van der Waals surface area contributed by atoms with E-state index in [0.717, 1.165) is 11.6 Å². The first-order chi connectivity index (χ1) is 19.4. The molecule has 0 bridgehead atoms. The summed E-state index contributed by atoms with van der Waals surface area (Å²) in [5.74, 6) is -0.875.